The number of carbonyl (C=O) groups is 1. The predicted octanol–water partition coefficient (Wildman–Crippen LogP) is 2.90. The Hall–Kier alpha value is -0.710. The number of hydrogen-bond acceptors (Lipinski definition) is 4. The van der Waals surface area contributed by atoms with Gasteiger partial charge in [-0.2, -0.15) is 0 Å². The number of hydrogen-bond donors (Lipinski definition) is 0. The van der Waals surface area contributed by atoms with Gasteiger partial charge in [0.25, 0.3) is 0 Å². The van der Waals surface area contributed by atoms with Crippen LogP contribution in [0.4, 0.5) is 0 Å². The van der Waals surface area contributed by atoms with E-state index in [1.807, 2.05) is 19.9 Å². The number of ketones is 1. The quantitative estimate of drug-likeness (QED) is 0.713. The lowest BCUT2D eigenvalue weighted by Gasteiger charge is -2.25. The zero-order valence-electron chi connectivity index (χ0n) is 11.9. The molecule has 1 heterocycles. The lowest BCUT2D eigenvalue weighted by molar-refractivity contribution is 0.0852. The fraction of sp³-hybridized carbons (Fsp3) is 0.643. The van der Waals surface area contributed by atoms with Gasteiger partial charge < -0.3 is 4.74 Å². The Kier molecular flexibility index (Phi) is 5.99. The van der Waals surface area contributed by atoms with Crippen LogP contribution in [0.25, 0.3) is 0 Å². The summed E-state index contributed by atoms with van der Waals surface area (Å²) in [4.78, 5) is 16.7. The molecule has 0 N–H and O–H groups in total. The third kappa shape index (κ3) is 4.19. The molecule has 1 aromatic rings. The highest BCUT2D eigenvalue weighted by Gasteiger charge is 2.17. The third-order valence-electron chi connectivity index (χ3n) is 3.00. The number of Topliss-reactive ketones (excluding diaryl/α,β-unsaturated/α-hetero) is 1. The first kappa shape index (κ1) is 15.3. The lowest BCUT2D eigenvalue weighted by atomic mass is 10.1. The SMILES string of the molecule is COCCN(CC(=O)c1cc(C)sc1C)C(C)C. The van der Waals surface area contributed by atoms with Crippen molar-refractivity contribution in [2.24, 2.45) is 0 Å². The van der Waals surface area contributed by atoms with E-state index in [9.17, 15) is 4.79 Å². The van der Waals surface area contributed by atoms with Gasteiger partial charge in [-0.3, -0.25) is 9.69 Å². The molecule has 0 fully saturated rings. The van der Waals surface area contributed by atoms with Crippen molar-refractivity contribution in [1.29, 1.82) is 0 Å². The van der Waals surface area contributed by atoms with Crippen molar-refractivity contribution in [2.75, 3.05) is 26.8 Å². The van der Waals surface area contributed by atoms with Crippen LogP contribution in [0, 0.1) is 13.8 Å². The standard InChI is InChI=1S/C14H23NO2S/c1-10(2)15(6-7-17-5)9-14(16)13-8-11(3)18-12(13)4/h8,10H,6-7,9H2,1-5H3. The van der Waals surface area contributed by atoms with Crippen molar-refractivity contribution < 1.29 is 9.53 Å². The minimum absolute atomic E-state index is 0.210. The molecule has 3 nitrogen and oxygen atoms in total. The number of nitrogens with zero attached hydrogens (tertiary/aromatic N) is 1. The van der Waals surface area contributed by atoms with Gasteiger partial charge in [0.15, 0.2) is 5.78 Å². The molecule has 0 spiro atoms. The molecule has 0 bridgehead atoms. The van der Waals surface area contributed by atoms with Gasteiger partial charge in [-0.1, -0.05) is 0 Å². The van der Waals surface area contributed by atoms with E-state index in [0.717, 1.165) is 17.0 Å². The van der Waals surface area contributed by atoms with Crippen LogP contribution in [0.3, 0.4) is 0 Å². The highest BCUT2D eigenvalue weighted by Crippen LogP contribution is 2.21. The second-order valence-corrected chi connectivity index (χ2v) is 6.27. The van der Waals surface area contributed by atoms with Gasteiger partial charge in [-0.05, 0) is 33.8 Å². The van der Waals surface area contributed by atoms with Crippen LogP contribution in [0.2, 0.25) is 0 Å². The molecule has 0 radical (unpaired) electrons. The zero-order valence-corrected chi connectivity index (χ0v) is 12.8. The summed E-state index contributed by atoms with van der Waals surface area (Å²) in [5, 5.41) is 0. The number of thiophene rings is 1. The number of carbonyl (C=O) groups excluding carboxylic acids is 1. The van der Waals surface area contributed by atoms with E-state index in [1.165, 1.54) is 4.88 Å². The predicted molar refractivity (Wildman–Crippen MR) is 76.7 cm³/mol. The Bertz CT molecular complexity index is 398. The highest BCUT2D eigenvalue weighted by molar-refractivity contribution is 7.12. The monoisotopic (exact) mass is 269 g/mol. The maximum Gasteiger partial charge on any atom is 0.177 e. The summed E-state index contributed by atoms with van der Waals surface area (Å²) in [5.74, 6) is 0.210. The number of ether oxygens (including phenoxy) is 1. The molecule has 0 saturated carbocycles. The summed E-state index contributed by atoms with van der Waals surface area (Å²) in [6.45, 7) is 10.2. The molecule has 1 aromatic heterocycles. The maximum absolute atomic E-state index is 12.3. The van der Waals surface area contributed by atoms with Crippen LogP contribution in [-0.4, -0.2) is 43.5 Å². The molecular formula is C14H23NO2S. The summed E-state index contributed by atoms with van der Waals surface area (Å²) in [5.41, 5.74) is 0.876. The minimum Gasteiger partial charge on any atom is -0.383 e. The van der Waals surface area contributed by atoms with E-state index in [4.69, 9.17) is 4.74 Å². The van der Waals surface area contributed by atoms with Crippen LogP contribution >= 0.6 is 11.3 Å². The lowest BCUT2D eigenvalue weighted by Crippen LogP contribution is -2.38. The summed E-state index contributed by atoms with van der Waals surface area (Å²) in [6, 6.07) is 2.35. The first-order valence-corrected chi connectivity index (χ1v) is 7.10. The fourth-order valence-electron chi connectivity index (χ4n) is 1.91. The third-order valence-corrected chi connectivity index (χ3v) is 3.97. The van der Waals surface area contributed by atoms with E-state index < -0.39 is 0 Å². The van der Waals surface area contributed by atoms with Crippen molar-refractivity contribution in [3.05, 3.63) is 21.4 Å². The molecule has 0 aromatic carbocycles. The Morgan fingerprint density at radius 1 is 1.44 bits per heavy atom. The second kappa shape index (κ2) is 7.02. The van der Waals surface area contributed by atoms with Gasteiger partial charge in [0.1, 0.15) is 0 Å². The second-order valence-electron chi connectivity index (χ2n) is 4.81. The molecule has 0 aliphatic rings. The summed E-state index contributed by atoms with van der Waals surface area (Å²) in [6.07, 6.45) is 0. The summed E-state index contributed by atoms with van der Waals surface area (Å²) < 4.78 is 5.09. The number of aryl methyl sites for hydroxylation is 2. The van der Waals surface area contributed by atoms with Crippen LogP contribution in [0.1, 0.15) is 34.0 Å². The molecule has 4 heteroatoms. The topological polar surface area (TPSA) is 29.5 Å². The summed E-state index contributed by atoms with van der Waals surface area (Å²) in [7, 11) is 1.69. The van der Waals surface area contributed by atoms with Gasteiger partial charge in [0.05, 0.1) is 13.2 Å². The van der Waals surface area contributed by atoms with Crippen LogP contribution in [0.5, 0.6) is 0 Å². The van der Waals surface area contributed by atoms with E-state index in [0.29, 0.717) is 19.2 Å². The van der Waals surface area contributed by atoms with Gasteiger partial charge in [0, 0.05) is 35.0 Å². The highest BCUT2D eigenvalue weighted by atomic mass is 32.1. The molecule has 0 amide bonds. The first-order chi connectivity index (χ1) is 8.45. The molecule has 1 rings (SSSR count). The van der Waals surface area contributed by atoms with Gasteiger partial charge >= 0.3 is 0 Å². The molecule has 0 aliphatic carbocycles. The first-order valence-electron chi connectivity index (χ1n) is 6.29. The number of methoxy groups -OCH3 is 1. The van der Waals surface area contributed by atoms with E-state index in [2.05, 4.69) is 18.7 Å². The van der Waals surface area contributed by atoms with Crippen molar-refractivity contribution in [3.63, 3.8) is 0 Å². The van der Waals surface area contributed by atoms with Crippen LogP contribution < -0.4 is 0 Å². The van der Waals surface area contributed by atoms with Gasteiger partial charge in [-0.25, -0.2) is 0 Å². The maximum atomic E-state index is 12.3. The largest absolute Gasteiger partial charge is 0.383 e. The van der Waals surface area contributed by atoms with Crippen molar-refractivity contribution in [3.8, 4) is 0 Å². The Morgan fingerprint density at radius 2 is 2.11 bits per heavy atom. The van der Waals surface area contributed by atoms with Crippen molar-refractivity contribution in [1.82, 2.24) is 4.90 Å². The minimum atomic E-state index is 0.210. The molecule has 0 aliphatic heterocycles. The smallest absolute Gasteiger partial charge is 0.177 e. The molecule has 0 saturated heterocycles. The zero-order chi connectivity index (χ0) is 13.7. The number of rotatable bonds is 7. The van der Waals surface area contributed by atoms with Crippen molar-refractivity contribution >= 4 is 17.1 Å². The Labute approximate surface area is 114 Å². The van der Waals surface area contributed by atoms with Crippen molar-refractivity contribution in [2.45, 2.75) is 33.7 Å². The van der Waals surface area contributed by atoms with Crippen LogP contribution in [-0.2, 0) is 4.74 Å². The molecule has 18 heavy (non-hydrogen) atoms. The average molecular weight is 269 g/mol. The summed E-state index contributed by atoms with van der Waals surface area (Å²) >= 11 is 1.69. The van der Waals surface area contributed by atoms with Gasteiger partial charge in [0.2, 0.25) is 0 Å². The molecule has 102 valence electrons. The average Bonchev–Trinajstić information content (AvgIpc) is 2.63. The molecule has 0 unspecified atom stereocenters. The van der Waals surface area contributed by atoms with E-state index >= 15 is 0 Å². The van der Waals surface area contributed by atoms with Crippen LogP contribution in [0.15, 0.2) is 6.07 Å². The Balaban J connectivity index is 2.69. The molecular weight excluding hydrogens is 246 g/mol. The fourth-order valence-corrected chi connectivity index (χ4v) is 2.85. The van der Waals surface area contributed by atoms with Gasteiger partial charge in [-0.15, -0.1) is 11.3 Å². The van der Waals surface area contributed by atoms with E-state index in [1.54, 1.807) is 18.4 Å². The van der Waals surface area contributed by atoms with E-state index in [-0.39, 0.29) is 5.78 Å². The molecule has 0 atom stereocenters. The normalized spacial score (nSPS) is 11.5. The Morgan fingerprint density at radius 3 is 2.56 bits per heavy atom.